The van der Waals surface area contributed by atoms with Crippen molar-refractivity contribution in [2.24, 2.45) is 0 Å². The molecule has 0 amide bonds. The molecule has 1 radical (unpaired) electrons. The van der Waals surface area contributed by atoms with Gasteiger partial charge in [0, 0.05) is 38.5 Å². The van der Waals surface area contributed by atoms with Crippen molar-refractivity contribution in [2.45, 2.75) is 6.92 Å². The Bertz CT molecular complexity index is 80.0. The summed E-state index contributed by atoms with van der Waals surface area (Å²) in [5, 5.41) is 0. The molecule has 1 nitrogen and oxygen atoms in total. The third kappa shape index (κ3) is 8.84. The van der Waals surface area contributed by atoms with E-state index in [1.807, 2.05) is 0 Å². The first kappa shape index (κ1) is 9.59. The van der Waals surface area contributed by atoms with Gasteiger partial charge in [0.05, 0.1) is 0 Å². The summed E-state index contributed by atoms with van der Waals surface area (Å²) in [4.78, 5) is 9.51. The van der Waals surface area contributed by atoms with Crippen molar-refractivity contribution < 1.29 is 37.5 Å². The van der Waals surface area contributed by atoms with E-state index in [9.17, 15) is 4.79 Å². The van der Waals surface area contributed by atoms with Gasteiger partial charge >= 0.3 is 0 Å². The van der Waals surface area contributed by atoms with Crippen LogP contribution in [-0.4, -0.2) is 5.78 Å². The molecule has 0 aliphatic rings. The largest absolute Gasteiger partial charge is 0.398 e. The monoisotopic (exact) mass is 156 g/mol. The van der Waals surface area contributed by atoms with Crippen LogP contribution < -0.4 is 0 Å². The predicted octanol–water partition coefficient (Wildman–Crippen LogP) is 0.163. The van der Waals surface area contributed by atoms with E-state index in [1.54, 1.807) is 5.92 Å². The Morgan fingerprint density at radius 2 is 2.00 bits per heavy atom. The molecule has 0 aromatic heterocycles. The number of hydrogen-bond donors (Lipinski definition) is 0. The molecule has 0 unspecified atom stereocenters. The molecule has 0 aliphatic heterocycles. The molecule has 6 heavy (non-hydrogen) atoms. The summed E-state index contributed by atoms with van der Waals surface area (Å²) >= 11 is 0. The van der Waals surface area contributed by atoms with Crippen molar-refractivity contribution >= 4 is 5.78 Å². The van der Waals surface area contributed by atoms with Crippen LogP contribution in [0.4, 0.5) is 0 Å². The Hall–Kier alpha value is 0.334. The van der Waals surface area contributed by atoms with Crippen LogP contribution in [0.25, 0.3) is 0 Å². The van der Waals surface area contributed by atoms with Gasteiger partial charge in [-0.05, 0) is 0 Å². The Morgan fingerprint density at radius 3 is 2.00 bits per heavy atom. The van der Waals surface area contributed by atoms with E-state index in [0.29, 0.717) is 0 Å². The Balaban J connectivity index is 0. The average molecular weight is 156 g/mol. The normalized spacial score (nSPS) is 4.67. The van der Waals surface area contributed by atoms with Gasteiger partial charge in [-0.25, -0.2) is 0 Å². The van der Waals surface area contributed by atoms with E-state index >= 15 is 0 Å². The summed E-state index contributed by atoms with van der Waals surface area (Å²) in [6.07, 6.45) is 6.06. The van der Waals surface area contributed by atoms with E-state index in [1.165, 1.54) is 6.92 Å². The minimum absolute atomic E-state index is 0. The van der Waals surface area contributed by atoms with Crippen molar-refractivity contribution in [1.82, 2.24) is 0 Å². The van der Waals surface area contributed by atoms with Crippen LogP contribution in [0, 0.1) is 12.3 Å². The molecule has 2 heteroatoms. The van der Waals surface area contributed by atoms with Gasteiger partial charge in [0.15, 0.2) is 0 Å². The number of carbonyl (C=O) groups is 1. The molecule has 0 aliphatic carbocycles. The van der Waals surface area contributed by atoms with Gasteiger partial charge in [0.1, 0.15) is 0 Å². The summed E-state index contributed by atoms with van der Waals surface area (Å²) in [5.41, 5.74) is 0. The number of carbonyl (C=O) groups excluding carboxylic acids is 1. The van der Waals surface area contributed by atoms with Crippen LogP contribution in [0.15, 0.2) is 0 Å². The summed E-state index contributed by atoms with van der Waals surface area (Å²) in [7, 11) is 0. The van der Waals surface area contributed by atoms with Crippen LogP contribution in [0.2, 0.25) is 0 Å². The molecule has 0 saturated carbocycles. The van der Waals surface area contributed by atoms with Crippen LogP contribution in [0.1, 0.15) is 6.92 Å². The number of rotatable bonds is 0. The quantitative estimate of drug-likeness (QED) is 0.360. The third-order valence-electron chi connectivity index (χ3n) is 0.176. The fourth-order valence-electron chi connectivity index (χ4n) is 0. The molecule has 0 N–H and O–H groups in total. The molecule has 0 fully saturated rings. The summed E-state index contributed by atoms with van der Waals surface area (Å²) < 4.78 is 0. The summed E-state index contributed by atoms with van der Waals surface area (Å²) in [5.74, 6) is 1.31. The zero-order valence-corrected chi connectivity index (χ0v) is 6.32. The van der Waals surface area contributed by atoms with Crippen LogP contribution in [-0.2, 0) is 37.5 Å². The molecular weight excluding hydrogens is 153 g/mol. The third-order valence-corrected chi connectivity index (χ3v) is 0.176. The van der Waals surface area contributed by atoms with Crippen LogP contribution in [0.5, 0.6) is 0 Å². The molecule has 0 saturated heterocycles. The number of ketones is 1. The summed E-state index contributed by atoms with van der Waals surface area (Å²) in [6, 6.07) is 0. The molecule has 0 aromatic carbocycles. The summed E-state index contributed by atoms with van der Waals surface area (Å²) in [6.45, 7) is 1.28. The molecule has 0 heterocycles. The molecule has 0 atom stereocenters. The van der Waals surface area contributed by atoms with Crippen LogP contribution >= 0.6 is 0 Å². The van der Waals surface area contributed by atoms with Crippen molar-refractivity contribution in [2.75, 3.05) is 0 Å². The number of hydrogen-bond acceptors (Lipinski definition) is 1. The van der Waals surface area contributed by atoms with E-state index in [2.05, 4.69) is 0 Å². The van der Waals surface area contributed by atoms with Crippen LogP contribution in [0.3, 0.4) is 0 Å². The zero-order chi connectivity index (χ0) is 4.28. The average Bonchev–Trinajstić information content (AvgIpc) is 1.38. The second-order valence-electron chi connectivity index (χ2n) is 0.681. The fraction of sp³-hybridized carbons (Fsp3) is 0.250. The Morgan fingerprint density at radius 1 is 1.83 bits per heavy atom. The smallest absolute Gasteiger partial charge is 0.0435 e. The minimum atomic E-state index is -0.329. The molecular formula is C4H3OY-. The van der Waals surface area contributed by atoms with Crippen molar-refractivity contribution in [3.63, 3.8) is 0 Å². The molecule has 0 spiro atoms. The second-order valence-corrected chi connectivity index (χ2v) is 0.681. The maximum absolute atomic E-state index is 9.51. The van der Waals surface area contributed by atoms with Gasteiger partial charge in [-0.2, -0.15) is 0 Å². The zero-order valence-electron chi connectivity index (χ0n) is 3.49. The standard InChI is InChI=1S/C4H3O.Y/c1-3-4(2)5;/h2H3;/q-1;. The second kappa shape index (κ2) is 5.33. The van der Waals surface area contributed by atoms with Gasteiger partial charge in [-0.15, -0.1) is 0 Å². The predicted molar refractivity (Wildman–Crippen MR) is 17.8 cm³/mol. The van der Waals surface area contributed by atoms with Gasteiger partial charge in [-0.1, -0.05) is 6.92 Å². The molecule has 0 rings (SSSR count). The first-order chi connectivity index (χ1) is 2.27. The Kier molecular flexibility index (Phi) is 8.53. The fourth-order valence-corrected chi connectivity index (χ4v) is 0. The molecule has 0 aromatic rings. The maximum Gasteiger partial charge on any atom is 0.0435 e. The minimum Gasteiger partial charge on any atom is -0.398 e. The SMILES string of the molecule is [C-]#CC(C)=O.[Y]. The Labute approximate surface area is 62.4 Å². The van der Waals surface area contributed by atoms with Gasteiger partial charge in [0.25, 0.3) is 0 Å². The maximum atomic E-state index is 9.51. The van der Waals surface area contributed by atoms with E-state index < -0.39 is 0 Å². The first-order valence-corrected chi connectivity index (χ1v) is 1.20. The van der Waals surface area contributed by atoms with E-state index in [-0.39, 0.29) is 38.5 Å². The number of Topliss-reactive ketones (excluding diaryl/α,β-unsaturated/α-hetero) is 1. The molecule has 29 valence electrons. The first-order valence-electron chi connectivity index (χ1n) is 1.20. The van der Waals surface area contributed by atoms with Crippen molar-refractivity contribution in [3.05, 3.63) is 6.42 Å². The van der Waals surface area contributed by atoms with Gasteiger partial charge in [-0.3, -0.25) is 5.92 Å². The van der Waals surface area contributed by atoms with Crippen molar-refractivity contribution in [1.29, 1.82) is 0 Å². The van der Waals surface area contributed by atoms with E-state index in [0.717, 1.165) is 0 Å². The van der Waals surface area contributed by atoms with Gasteiger partial charge < -0.3 is 11.2 Å². The van der Waals surface area contributed by atoms with Crippen molar-refractivity contribution in [3.8, 4) is 5.92 Å². The van der Waals surface area contributed by atoms with Gasteiger partial charge in [0.2, 0.25) is 0 Å². The van der Waals surface area contributed by atoms with E-state index in [4.69, 9.17) is 6.42 Å². The topological polar surface area (TPSA) is 17.1 Å². The molecule has 0 bridgehead atoms.